The van der Waals surface area contributed by atoms with Gasteiger partial charge in [0.05, 0.1) is 5.69 Å². The van der Waals surface area contributed by atoms with Gasteiger partial charge in [0.2, 0.25) is 0 Å². The molecule has 0 saturated heterocycles. The van der Waals surface area contributed by atoms with E-state index in [0.29, 0.717) is 17.9 Å². The summed E-state index contributed by atoms with van der Waals surface area (Å²) < 4.78 is 1.30. The lowest BCUT2D eigenvalue weighted by Gasteiger charge is -2.01. The van der Waals surface area contributed by atoms with E-state index < -0.39 is 0 Å². The van der Waals surface area contributed by atoms with Gasteiger partial charge in [0.15, 0.2) is 5.65 Å². The highest BCUT2D eigenvalue weighted by Gasteiger charge is 2.09. The minimum absolute atomic E-state index is 0. The number of aromatic amines is 1. The van der Waals surface area contributed by atoms with Crippen LogP contribution in [0.3, 0.4) is 0 Å². The summed E-state index contributed by atoms with van der Waals surface area (Å²) in [5.74, 6) is 0.633. The van der Waals surface area contributed by atoms with Crippen LogP contribution in [0.5, 0.6) is 0 Å². The standard InChI is InChI=1S/C18H14N4O.H2O/c23-18-20-16(11-13-7-3-1-4-8-13)19-17-12-15(21-22(17)18)14-9-5-2-6-10-14;/h1-10,12H,11H2,(H,19,20,23);1H2. The minimum atomic E-state index is -0.275. The molecule has 3 N–H and O–H groups in total. The molecule has 0 bridgehead atoms. The van der Waals surface area contributed by atoms with Crippen LogP contribution in [0.2, 0.25) is 0 Å². The zero-order valence-corrected chi connectivity index (χ0v) is 12.8. The van der Waals surface area contributed by atoms with Crippen molar-refractivity contribution < 1.29 is 5.48 Å². The number of hydrogen-bond donors (Lipinski definition) is 1. The largest absolute Gasteiger partial charge is 0.412 e. The summed E-state index contributed by atoms with van der Waals surface area (Å²) >= 11 is 0. The van der Waals surface area contributed by atoms with E-state index in [1.54, 1.807) is 0 Å². The fourth-order valence-corrected chi connectivity index (χ4v) is 2.57. The van der Waals surface area contributed by atoms with Crippen molar-refractivity contribution >= 4 is 5.65 Å². The Balaban J connectivity index is 0.00000169. The van der Waals surface area contributed by atoms with Crippen LogP contribution in [0.4, 0.5) is 0 Å². The highest BCUT2D eigenvalue weighted by Crippen LogP contribution is 2.17. The van der Waals surface area contributed by atoms with E-state index in [4.69, 9.17) is 0 Å². The van der Waals surface area contributed by atoms with Crippen molar-refractivity contribution in [1.29, 1.82) is 0 Å². The van der Waals surface area contributed by atoms with Gasteiger partial charge in [-0.3, -0.25) is 4.98 Å². The molecule has 4 aromatic rings. The van der Waals surface area contributed by atoms with Crippen molar-refractivity contribution in [3.05, 3.63) is 88.6 Å². The summed E-state index contributed by atoms with van der Waals surface area (Å²) in [5.41, 5.74) is 3.08. The summed E-state index contributed by atoms with van der Waals surface area (Å²) in [6.07, 6.45) is 0.582. The summed E-state index contributed by atoms with van der Waals surface area (Å²) in [5, 5.41) is 4.34. The number of H-pyrrole nitrogens is 1. The van der Waals surface area contributed by atoms with E-state index >= 15 is 0 Å². The number of nitrogens with one attached hydrogen (secondary N) is 1. The van der Waals surface area contributed by atoms with E-state index in [9.17, 15) is 4.79 Å². The van der Waals surface area contributed by atoms with Crippen LogP contribution in [-0.4, -0.2) is 25.1 Å². The van der Waals surface area contributed by atoms with E-state index in [1.807, 2.05) is 66.7 Å². The number of nitrogens with zero attached hydrogens (tertiary/aromatic N) is 3. The summed E-state index contributed by atoms with van der Waals surface area (Å²) in [6, 6.07) is 21.5. The minimum Gasteiger partial charge on any atom is -0.412 e. The number of benzene rings is 2. The Labute approximate surface area is 137 Å². The summed E-state index contributed by atoms with van der Waals surface area (Å²) in [7, 11) is 0. The lowest BCUT2D eigenvalue weighted by Crippen LogP contribution is -2.21. The predicted molar refractivity (Wildman–Crippen MR) is 91.9 cm³/mol. The van der Waals surface area contributed by atoms with Crippen LogP contribution in [0, 0.1) is 0 Å². The van der Waals surface area contributed by atoms with Gasteiger partial charge in [0.1, 0.15) is 5.82 Å². The summed E-state index contributed by atoms with van der Waals surface area (Å²) in [4.78, 5) is 19.6. The highest BCUT2D eigenvalue weighted by atomic mass is 16.1. The van der Waals surface area contributed by atoms with E-state index in [2.05, 4.69) is 15.1 Å². The molecule has 0 aliphatic rings. The lowest BCUT2D eigenvalue weighted by atomic mass is 10.1. The lowest BCUT2D eigenvalue weighted by molar-refractivity contribution is 0.806. The van der Waals surface area contributed by atoms with Crippen LogP contribution < -0.4 is 5.69 Å². The zero-order chi connectivity index (χ0) is 15.6. The third kappa shape index (κ3) is 2.95. The van der Waals surface area contributed by atoms with Gasteiger partial charge in [-0.2, -0.15) is 9.61 Å². The molecular formula is C18H16N4O2. The monoisotopic (exact) mass is 320 g/mol. The molecular weight excluding hydrogens is 304 g/mol. The topological polar surface area (TPSA) is 94.5 Å². The first-order chi connectivity index (χ1) is 11.3. The normalized spacial score (nSPS) is 10.5. The number of aromatic nitrogens is 4. The van der Waals surface area contributed by atoms with Gasteiger partial charge in [-0.05, 0) is 5.56 Å². The van der Waals surface area contributed by atoms with E-state index in [-0.39, 0.29) is 11.2 Å². The second-order valence-electron chi connectivity index (χ2n) is 5.32. The second kappa shape index (κ2) is 6.47. The van der Waals surface area contributed by atoms with Crippen LogP contribution in [-0.2, 0) is 6.42 Å². The molecule has 24 heavy (non-hydrogen) atoms. The van der Waals surface area contributed by atoms with Crippen molar-refractivity contribution in [1.82, 2.24) is 19.6 Å². The van der Waals surface area contributed by atoms with Crippen molar-refractivity contribution in [3.8, 4) is 11.3 Å². The Kier molecular flexibility index (Phi) is 4.22. The average Bonchev–Trinajstić information content (AvgIpc) is 3.01. The van der Waals surface area contributed by atoms with Crippen molar-refractivity contribution in [3.63, 3.8) is 0 Å². The third-order valence-corrected chi connectivity index (χ3v) is 3.67. The van der Waals surface area contributed by atoms with Gasteiger partial charge < -0.3 is 5.48 Å². The zero-order valence-electron chi connectivity index (χ0n) is 12.8. The van der Waals surface area contributed by atoms with E-state index in [0.717, 1.165) is 16.8 Å². The molecule has 0 amide bonds. The van der Waals surface area contributed by atoms with Crippen LogP contribution in [0.1, 0.15) is 11.4 Å². The molecule has 0 fully saturated rings. The first-order valence-corrected chi connectivity index (χ1v) is 7.38. The molecule has 6 nitrogen and oxygen atoms in total. The molecule has 0 spiro atoms. The molecule has 2 heterocycles. The van der Waals surface area contributed by atoms with Crippen LogP contribution in [0.15, 0.2) is 71.5 Å². The molecule has 0 unspecified atom stereocenters. The van der Waals surface area contributed by atoms with Gasteiger partial charge in [-0.25, -0.2) is 9.78 Å². The fourth-order valence-electron chi connectivity index (χ4n) is 2.57. The molecule has 4 rings (SSSR count). The Morgan fingerprint density at radius 1 is 0.958 bits per heavy atom. The molecule has 0 aliphatic heterocycles. The smallest absolute Gasteiger partial charge is 0.349 e. The Hall–Kier alpha value is -3.25. The Morgan fingerprint density at radius 3 is 2.33 bits per heavy atom. The highest BCUT2D eigenvalue weighted by molar-refractivity contribution is 5.63. The fraction of sp³-hybridized carbons (Fsp3) is 0.0556. The van der Waals surface area contributed by atoms with Gasteiger partial charge in [0.25, 0.3) is 0 Å². The number of rotatable bonds is 3. The van der Waals surface area contributed by atoms with Crippen LogP contribution in [0.25, 0.3) is 16.9 Å². The third-order valence-electron chi connectivity index (χ3n) is 3.67. The molecule has 0 radical (unpaired) electrons. The Bertz CT molecular complexity index is 1010. The van der Waals surface area contributed by atoms with Gasteiger partial charge in [-0.1, -0.05) is 60.7 Å². The van der Waals surface area contributed by atoms with Crippen LogP contribution >= 0.6 is 0 Å². The SMILES string of the molecule is O.O=c1[nH]c(Cc2ccccc2)nc2cc(-c3ccccc3)nn12. The summed E-state index contributed by atoms with van der Waals surface area (Å²) in [6.45, 7) is 0. The van der Waals surface area contributed by atoms with Crippen molar-refractivity contribution in [2.24, 2.45) is 0 Å². The maximum atomic E-state index is 12.2. The first kappa shape index (κ1) is 15.6. The van der Waals surface area contributed by atoms with Gasteiger partial charge >= 0.3 is 5.69 Å². The first-order valence-electron chi connectivity index (χ1n) is 7.38. The van der Waals surface area contributed by atoms with E-state index in [1.165, 1.54) is 4.52 Å². The van der Waals surface area contributed by atoms with Gasteiger partial charge in [0, 0.05) is 18.1 Å². The average molecular weight is 320 g/mol. The molecule has 6 heteroatoms. The van der Waals surface area contributed by atoms with Crippen molar-refractivity contribution in [2.75, 3.05) is 0 Å². The Morgan fingerprint density at radius 2 is 1.62 bits per heavy atom. The maximum Gasteiger partial charge on any atom is 0.349 e. The maximum absolute atomic E-state index is 12.2. The molecule has 120 valence electrons. The second-order valence-corrected chi connectivity index (χ2v) is 5.32. The molecule has 0 atom stereocenters. The molecule has 0 aliphatic carbocycles. The van der Waals surface area contributed by atoms with Gasteiger partial charge in [-0.15, -0.1) is 0 Å². The molecule has 2 aromatic heterocycles. The predicted octanol–water partition coefficient (Wildman–Crippen LogP) is 1.85. The molecule has 0 saturated carbocycles. The van der Waals surface area contributed by atoms with Crippen molar-refractivity contribution in [2.45, 2.75) is 6.42 Å². The molecule has 2 aromatic carbocycles. The number of hydrogen-bond acceptors (Lipinski definition) is 3. The quantitative estimate of drug-likeness (QED) is 0.624. The number of fused-ring (bicyclic) bond motifs is 1.